The maximum Gasteiger partial charge on any atom is 0.417 e. The van der Waals surface area contributed by atoms with Crippen LogP contribution in [0.2, 0.25) is 5.02 Å². The molecule has 41 heavy (non-hydrogen) atoms. The number of nitrogens with one attached hydrogen (secondary N) is 1. The molecule has 4 rings (SSSR count). The highest BCUT2D eigenvalue weighted by atomic mass is 35.5. The first-order valence-electron chi connectivity index (χ1n) is 12.5. The Balaban J connectivity index is 1.49. The van der Waals surface area contributed by atoms with Crippen molar-refractivity contribution in [3.05, 3.63) is 51.7 Å². The second-order valence-electron chi connectivity index (χ2n) is 8.99. The van der Waals surface area contributed by atoms with Crippen molar-refractivity contribution >= 4 is 51.7 Å². The number of halogens is 4. The lowest BCUT2D eigenvalue weighted by atomic mass is 9.97. The van der Waals surface area contributed by atoms with Crippen LogP contribution in [0.3, 0.4) is 0 Å². The summed E-state index contributed by atoms with van der Waals surface area (Å²) in [6, 6.07) is 3.30. The van der Waals surface area contributed by atoms with E-state index >= 15 is 0 Å². The molecule has 1 aromatic carbocycles. The van der Waals surface area contributed by atoms with E-state index in [4.69, 9.17) is 21.1 Å². The molecule has 1 aliphatic rings. The van der Waals surface area contributed by atoms with Gasteiger partial charge in [0.15, 0.2) is 5.13 Å². The Bertz CT molecular complexity index is 1430. The van der Waals surface area contributed by atoms with Crippen molar-refractivity contribution in [2.45, 2.75) is 39.5 Å². The average Bonchev–Trinajstić information content (AvgIpc) is 3.34. The van der Waals surface area contributed by atoms with Crippen molar-refractivity contribution in [1.29, 1.82) is 0 Å². The molecule has 0 atom stereocenters. The third-order valence-electron chi connectivity index (χ3n) is 6.18. The lowest BCUT2D eigenvalue weighted by Crippen LogP contribution is -2.37. The molecule has 10 nitrogen and oxygen atoms in total. The average molecular weight is 612 g/mol. The van der Waals surface area contributed by atoms with Crippen LogP contribution in [-0.2, 0) is 31.8 Å². The molecule has 0 radical (unpaired) electrons. The Hall–Kier alpha value is -3.78. The number of aromatic nitrogens is 3. The Morgan fingerprint density at radius 2 is 1.88 bits per heavy atom. The molecular formula is C26H25ClF3N5O5S. The van der Waals surface area contributed by atoms with Gasteiger partial charge in [-0.25, -0.2) is 15.0 Å². The molecule has 3 aromatic rings. The van der Waals surface area contributed by atoms with Crippen LogP contribution in [0.1, 0.15) is 47.6 Å². The quantitative estimate of drug-likeness (QED) is 0.335. The fourth-order valence-electron chi connectivity index (χ4n) is 4.15. The summed E-state index contributed by atoms with van der Waals surface area (Å²) in [6.45, 7) is 4.20. The first kappa shape index (κ1) is 30.2. The van der Waals surface area contributed by atoms with Gasteiger partial charge in [-0.1, -0.05) is 29.0 Å². The van der Waals surface area contributed by atoms with E-state index in [1.54, 1.807) is 6.92 Å². The van der Waals surface area contributed by atoms with Gasteiger partial charge >= 0.3 is 18.1 Å². The van der Waals surface area contributed by atoms with Crippen LogP contribution < -0.4 is 10.2 Å². The molecule has 1 saturated heterocycles. The highest BCUT2D eigenvalue weighted by Crippen LogP contribution is 2.39. The number of alkyl halides is 3. The van der Waals surface area contributed by atoms with Gasteiger partial charge < -0.3 is 14.4 Å². The maximum atomic E-state index is 13.4. The number of ether oxygens (including phenoxy) is 2. The fourth-order valence-corrected chi connectivity index (χ4v) is 5.27. The molecule has 15 heteroatoms. The topological polar surface area (TPSA) is 124 Å². The monoisotopic (exact) mass is 611 g/mol. The second kappa shape index (κ2) is 12.8. The number of benzene rings is 1. The van der Waals surface area contributed by atoms with Gasteiger partial charge in [0.2, 0.25) is 0 Å². The van der Waals surface area contributed by atoms with E-state index in [1.807, 2.05) is 4.90 Å². The van der Waals surface area contributed by atoms with Gasteiger partial charge in [0.05, 0.1) is 46.1 Å². The summed E-state index contributed by atoms with van der Waals surface area (Å²) in [4.78, 5) is 51.3. The van der Waals surface area contributed by atoms with Gasteiger partial charge in [-0.2, -0.15) is 13.2 Å². The summed E-state index contributed by atoms with van der Waals surface area (Å²) in [5.41, 5.74) is -0.883. The standard InChI is InChI=1S/C26H25ClF3N5O5S/c1-3-39-24(38)15-6-8-35(9-7-15)21-12-31-19(11-32-21)23(37)34-25-33-22(20(41-25)13-40-14(2)36)16-4-5-18(27)17(10-16)26(28,29)30/h4-5,10-12,15H,3,6-9,13H2,1-2H3,(H,33,34,37). The number of amides is 1. The number of piperidine rings is 1. The van der Waals surface area contributed by atoms with E-state index in [1.165, 1.54) is 25.4 Å². The van der Waals surface area contributed by atoms with Crippen molar-refractivity contribution < 1.29 is 37.0 Å². The van der Waals surface area contributed by atoms with E-state index < -0.39 is 28.6 Å². The van der Waals surface area contributed by atoms with Crippen LogP contribution in [0.15, 0.2) is 30.6 Å². The Kier molecular flexibility index (Phi) is 9.43. The Morgan fingerprint density at radius 1 is 1.15 bits per heavy atom. The third-order valence-corrected chi connectivity index (χ3v) is 7.45. The lowest BCUT2D eigenvalue weighted by Gasteiger charge is -2.31. The van der Waals surface area contributed by atoms with Crippen molar-refractivity contribution in [1.82, 2.24) is 15.0 Å². The molecule has 2 aromatic heterocycles. The van der Waals surface area contributed by atoms with E-state index in [2.05, 4.69) is 20.3 Å². The number of thiazole rings is 1. The van der Waals surface area contributed by atoms with E-state index in [9.17, 15) is 27.6 Å². The SMILES string of the molecule is CCOC(=O)C1CCN(c2cnc(C(=O)Nc3nc(-c4ccc(Cl)c(C(F)(F)F)c4)c(COC(C)=O)s3)cn2)CC1. The summed E-state index contributed by atoms with van der Waals surface area (Å²) in [5.74, 6) is -1.05. The number of hydrogen-bond acceptors (Lipinski definition) is 10. The van der Waals surface area contributed by atoms with Gasteiger partial charge in [0, 0.05) is 25.6 Å². The molecular weight excluding hydrogens is 587 g/mol. The molecule has 1 N–H and O–H groups in total. The smallest absolute Gasteiger partial charge is 0.417 e. The van der Waals surface area contributed by atoms with E-state index in [-0.39, 0.29) is 40.6 Å². The number of anilines is 2. The summed E-state index contributed by atoms with van der Waals surface area (Å²) < 4.78 is 50.4. The zero-order valence-electron chi connectivity index (χ0n) is 22.0. The van der Waals surface area contributed by atoms with Crippen LogP contribution in [0.4, 0.5) is 24.1 Å². The molecule has 0 spiro atoms. The maximum absolute atomic E-state index is 13.4. The molecule has 0 saturated carbocycles. The summed E-state index contributed by atoms with van der Waals surface area (Å²) >= 11 is 6.69. The molecule has 0 unspecified atom stereocenters. The van der Waals surface area contributed by atoms with Crippen molar-refractivity contribution in [3.63, 3.8) is 0 Å². The molecule has 218 valence electrons. The van der Waals surface area contributed by atoms with Crippen LogP contribution in [0.25, 0.3) is 11.3 Å². The minimum atomic E-state index is -4.70. The Labute approximate surface area is 241 Å². The van der Waals surface area contributed by atoms with E-state index in [0.29, 0.717) is 43.2 Å². The first-order chi connectivity index (χ1) is 19.5. The second-order valence-corrected chi connectivity index (χ2v) is 10.5. The summed E-state index contributed by atoms with van der Waals surface area (Å²) in [7, 11) is 0. The van der Waals surface area contributed by atoms with Crippen LogP contribution in [0, 0.1) is 5.92 Å². The van der Waals surface area contributed by atoms with Crippen molar-refractivity contribution in [2.75, 3.05) is 29.9 Å². The largest absolute Gasteiger partial charge is 0.466 e. The number of carbonyl (C=O) groups is 3. The first-order valence-corrected chi connectivity index (χ1v) is 13.7. The fraction of sp³-hybridized carbons (Fsp3) is 0.385. The molecule has 1 aliphatic heterocycles. The predicted molar refractivity (Wildman–Crippen MR) is 145 cm³/mol. The van der Waals surface area contributed by atoms with Gasteiger partial charge in [-0.05, 0) is 31.9 Å². The molecule has 1 fully saturated rings. The highest BCUT2D eigenvalue weighted by molar-refractivity contribution is 7.16. The number of esters is 2. The van der Waals surface area contributed by atoms with Gasteiger partial charge in [-0.3, -0.25) is 19.7 Å². The van der Waals surface area contributed by atoms with Crippen LogP contribution in [-0.4, -0.2) is 52.5 Å². The van der Waals surface area contributed by atoms with Crippen molar-refractivity contribution in [2.24, 2.45) is 5.92 Å². The van der Waals surface area contributed by atoms with Crippen LogP contribution in [0.5, 0.6) is 0 Å². The number of hydrogen-bond donors (Lipinski definition) is 1. The van der Waals surface area contributed by atoms with Gasteiger partial charge in [0.1, 0.15) is 18.1 Å². The number of nitrogens with zero attached hydrogens (tertiary/aromatic N) is 4. The zero-order valence-corrected chi connectivity index (χ0v) is 23.5. The Morgan fingerprint density at radius 3 is 2.49 bits per heavy atom. The van der Waals surface area contributed by atoms with Crippen molar-refractivity contribution in [3.8, 4) is 11.3 Å². The third kappa shape index (κ3) is 7.50. The van der Waals surface area contributed by atoms with Gasteiger partial charge in [-0.15, -0.1) is 0 Å². The molecule has 3 heterocycles. The van der Waals surface area contributed by atoms with E-state index in [0.717, 1.165) is 23.5 Å². The molecule has 0 aliphatic carbocycles. The zero-order chi connectivity index (χ0) is 29.7. The predicted octanol–water partition coefficient (Wildman–Crippen LogP) is 5.37. The van der Waals surface area contributed by atoms with Gasteiger partial charge in [0.25, 0.3) is 5.91 Å². The van der Waals surface area contributed by atoms with Crippen LogP contribution >= 0.6 is 22.9 Å². The summed E-state index contributed by atoms with van der Waals surface area (Å²) in [6.07, 6.45) is -0.722. The molecule has 0 bridgehead atoms. The summed E-state index contributed by atoms with van der Waals surface area (Å²) in [5, 5.41) is 2.16. The minimum absolute atomic E-state index is 0.0145. The molecule has 1 amide bonds. The lowest BCUT2D eigenvalue weighted by molar-refractivity contribution is -0.148. The minimum Gasteiger partial charge on any atom is -0.466 e. The number of rotatable bonds is 8. The highest BCUT2D eigenvalue weighted by Gasteiger charge is 2.34. The number of carbonyl (C=O) groups excluding carboxylic acids is 3. The normalized spacial score (nSPS) is 14.0.